The summed E-state index contributed by atoms with van der Waals surface area (Å²) in [5, 5.41) is 4.16. The smallest absolute Gasteiger partial charge is 0.240 e. The average Bonchev–Trinajstić information content (AvgIpc) is 2.96. The highest BCUT2D eigenvalue weighted by atomic mass is 32.2. The number of hydrogen-bond donors (Lipinski definition) is 1. The van der Waals surface area contributed by atoms with E-state index in [1.165, 1.54) is 12.1 Å². The van der Waals surface area contributed by atoms with Crippen molar-refractivity contribution in [2.75, 3.05) is 6.61 Å². The number of hydrogen-bond acceptors (Lipinski definition) is 4. The second kappa shape index (κ2) is 6.29. The highest BCUT2D eigenvalue weighted by Crippen LogP contribution is 2.22. The van der Waals surface area contributed by atoms with Crippen molar-refractivity contribution in [3.63, 3.8) is 0 Å². The van der Waals surface area contributed by atoms with Crippen molar-refractivity contribution in [2.24, 2.45) is 0 Å². The van der Waals surface area contributed by atoms with Gasteiger partial charge in [0.05, 0.1) is 11.5 Å². The molecule has 23 heavy (non-hydrogen) atoms. The molecule has 124 valence electrons. The first-order valence-electron chi connectivity index (χ1n) is 7.45. The van der Waals surface area contributed by atoms with Crippen LogP contribution in [0.5, 0.6) is 5.75 Å². The SMILES string of the molecule is CCOc1ccc(S(=O)(=O)N[C@H]2CCn3nccc3C2)cc1F. The first-order valence-corrected chi connectivity index (χ1v) is 8.93. The zero-order valence-corrected chi connectivity index (χ0v) is 13.5. The molecule has 0 aliphatic carbocycles. The Balaban J connectivity index is 1.76. The molecular weight excluding hydrogens is 321 g/mol. The van der Waals surface area contributed by atoms with Gasteiger partial charge in [0.25, 0.3) is 0 Å². The number of ether oxygens (including phenoxy) is 1. The summed E-state index contributed by atoms with van der Waals surface area (Å²) < 4.78 is 48.3. The second-order valence-electron chi connectivity index (χ2n) is 5.38. The molecule has 8 heteroatoms. The zero-order chi connectivity index (χ0) is 16.4. The minimum atomic E-state index is -3.77. The lowest BCUT2D eigenvalue weighted by molar-refractivity contribution is 0.321. The van der Waals surface area contributed by atoms with E-state index in [1.807, 2.05) is 10.7 Å². The van der Waals surface area contributed by atoms with Gasteiger partial charge in [-0.05, 0) is 37.6 Å². The molecule has 1 aromatic carbocycles. The fourth-order valence-electron chi connectivity index (χ4n) is 2.68. The molecule has 1 aliphatic heterocycles. The summed E-state index contributed by atoms with van der Waals surface area (Å²) in [5.74, 6) is -0.635. The lowest BCUT2D eigenvalue weighted by Gasteiger charge is -2.24. The average molecular weight is 339 g/mol. The summed E-state index contributed by atoms with van der Waals surface area (Å²) in [6, 6.07) is 5.32. The van der Waals surface area contributed by atoms with Gasteiger partial charge in [-0.2, -0.15) is 5.10 Å². The summed E-state index contributed by atoms with van der Waals surface area (Å²) in [5.41, 5.74) is 0.988. The molecule has 3 rings (SSSR count). The molecule has 6 nitrogen and oxygen atoms in total. The molecule has 0 amide bonds. The topological polar surface area (TPSA) is 73.2 Å². The fourth-order valence-corrected chi connectivity index (χ4v) is 3.96. The number of benzene rings is 1. The lowest BCUT2D eigenvalue weighted by Crippen LogP contribution is -2.40. The van der Waals surface area contributed by atoms with Crippen molar-refractivity contribution in [1.29, 1.82) is 0 Å². The minimum Gasteiger partial charge on any atom is -0.491 e. The molecular formula is C15H18FN3O3S. The molecule has 0 unspecified atom stereocenters. The fraction of sp³-hybridized carbons (Fsp3) is 0.400. The van der Waals surface area contributed by atoms with E-state index in [0.717, 1.165) is 11.8 Å². The van der Waals surface area contributed by atoms with E-state index in [4.69, 9.17) is 4.74 Å². The quantitative estimate of drug-likeness (QED) is 0.900. The standard InChI is InChI=1S/C15H18FN3O3S/c1-2-22-15-4-3-13(10-14(15)16)23(20,21)18-11-6-8-19-12(9-11)5-7-17-19/h3-5,7,10-11,18H,2,6,8-9H2,1H3/t11-/m0/s1. The van der Waals surface area contributed by atoms with Crippen molar-refractivity contribution in [2.45, 2.75) is 37.2 Å². The normalized spacial score (nSPS) is 17.7. The van der Waals surface area contributed by atoms with Crippen LogP contribution in [0.15, 0.2) is 35.4 Å². The Labute approximate surface area is 134 Å². The van der Waals surface area contributed by atoms with Gasteiger partial charge in [0.2, 0.25) is 10.0 Å². The molecule has 0 saturated carbocycles. The van der Waals surface area contributed by atoms with Gasteiger partial charge < -0.3 is 4.74 Å². The van der Waals surface area contributed by atoms with Crippen LogP contribution in [0.4, 0.5) is 4.39 Å². The van der Waals surface area contributed by atoms with E-state index in [1.54, 1.807) is 13.1 Å². The van der Waals surface area contributed by atoms with Crippen LogP contribution in [-0.4, -0.2) is 30.8 Å². The Morgan fingerprint density at radius 2 is 2.26 bits per heavy atom. The van der Waals surface area contributed by atoms with Crippen LogP contribution in [0.2, 0.25) is 0 Å². The molecule has 1 atom stereocenters. The summed E-state index contributed by atoms with van der Waals surface area (Å²) in [6.07, 6.45) is 2.92. The molecule has 0 saturated heterocycles. The molecule has 1 aliphatic rings. The van der Waals surface area contributed by atoms with Crippen molar-refractivity contribution in [3.8, 4) is 5.75 Å². The van der Waals surface area contributed by atoms with Gasteiger partial charge in [0.15, 0.2) is 11.6 Å². The maximum absolute atomic E-state index is 13.9. The van der Waals surface area contributed by atoms with E-state index in [0.29, 0.717) is 26.0 Å². The van der Waals surface area contributed by atoms with Gasteiger partial charge in [-0.1, -0.05) is 0 Å². The Bertz CT molecular complexity index is 804. The van der Waals surface area contributed by atoms with Crippen molar-refractivity contribution in [3.05, 3.63) is 42.0 Å². The molecule has 2 aromatic rings. The predicted octanol–water partition coefficient (Wildman–Crippen LogP) is 1.71. The first kappa shape index (κ1) is 15.9. The van der Waals surface area contributed by atoms with E-state index in [9.17, 15) is 12.8 Å². The van der Waals surface area contributed by atoms with E-state index >= 15 is 0 Å². The third-order valence-electron chi connectivity index (χ3n) is 3.78. The highest BCUT2D eigenvalue weighted by Gasteiger charge is 2.25. The number of halogens is 1. The number of aromatic nitrogens is 2. The predicted molar refractivity (Wildman–Crippen MR) is 82.2 cm³/mol. The van der Waals surface area contributed by atoms with Gasteiger partial charge in [0.1, 0.15) is 0 Å². The first-order chi connectivity index (χ1) is 11.0. The second-order valence-corrected chi connectivity index (χ2v) is 7.10. The van der Waals surface area contributed by atoms with Crippen LogP contribution >= 0.6 is 0 Å². The van der Waals surface area contributed by atoms with Crippen molar-refractivity contribution >= 4 is 10.0 Å². The zero-order valence-electron chi connectivity index (χ0n) is 12.7. The summed E-state index contributed by atoms with van der Waals surface area (Å²) in [4.78, 5) is -0.0995. The van der Waals surface area contributed by atoms with Gasteiger partial charge in [-0.25, -0.2) is 17.5 Å². The molecule has 0 spiro atoms. The molecule has 1 aromatic heterocycles. The van der Waals surface area contributed by atoms with Crippen molar-refractivity contribution in [1.82, 2.24) is 14.5 Å². The summed E-state index contributed by atoms with van der Waals surface area (Å²) in [7, 11) is -3.77. The van der Waals surface area contributed by atoms with Gasteiger partial charge >= 0.3 is 0 Å². The van der Waals surface area contributed by atoms with Crippen LogP contribution in [0.25, 0.3) is 0 Å². The Morgan fingerprint density at radius 3 is 3.00 bits per heavy atom. The highest BCUT2D eigenvalue weighted by molar-refractivity contribution is 7.89. The van der Waals surface area contributed by atoms with Crippen LogP contribution in [0.1, 0.15) is 19.0 Å². The molecule has 1 N–H and O–H groups in total. The number of nitrogens with one attached hydrogen (secondary N) is 1. The van der Waals surface area contributed by atoms with Gasteiger partial charge in [-0.3, -0.25) is 4.68 Å². The van der Waals surface area contributed by atoms with Crippen LogP contribution in [0.3, 0.4) is 0 Å². The lowest BCUT2D eigenvalue weighted by atomic mass is 10.1. The van der Waals surface area contributed by atoms with Crippen LogP contribution in [-0.2, 0) is 23.0 Å². The molecule has 0 fully saturated rings. The molecule has 0 bridgehead atoms. The number of aryl methyl sites for hydroxylation is 1. The number of rotatable bonds is 5. The third-order valence-corrected chi connectivity index (χ3v) is 5.30. The monoisotopic (exact) mass is 339 g/mol. The molecule has 2 heterocycles. The van der Waals surface area contributed by atoms with E-state index < -0.39 is 15.8 Å². The largest absolute Gasteiger partial charge is 0.491 e. The summed E-state index contributed by atoms with van der Waals surface area (Å²) >= 11 is 0. The maximum atomic E-state index is 13.9. The maximum Gasteiger partial charge on any atom is 0.240 e. The Kier molecular flexibility index (Phi) is 4.36. The number of fused-ring (bicyclic) bond motifs is 1. The van der Waals surface area contributed by atoms with Gasteiger partial charge in [0, 0.05) is 30.9 Å². The van der Waals surface area contributed by atoms with Crippen LogP contribution < -0.4 is 9.46 Å². The summed E-state index contributed by atoms with van der Waals surface area (Å²) in [6.45, 7) is 2.71. The minimum absolute atomic E-state index is 0.0491. The van der Waals surface area contributed by atoms with Gasteiger partial charge in [-0.15, -0.1) is 0 Å². The Hall–Kier alpha value is -1.93. The Morgan fingerprint density at radius 1 is 1.43 bits per heavy atom. The van der Waals surface area contributed by atoms with Crippen molar-refractivity contribution < 1.29 is 17.5 Å². The number of sulfonamides is 1. The van der Waals surface area contributed by atoms with E-state index in [2.05, 4.69) is 9.82 Å². The van der Waals surface area contributed by atoms with E-state index in [-0.39, 0.29) is 16.7 Å². The third kappa shape index (κ3) is 3.37. The number of nitrogens with zero attached hydrogens (tertiary/aromatic N) is 2. The van der Waals surface area contributed by atoms with Crippen LogP contribution in [0, 0.1) is 5.82 Å². The molecule has 0 radical (unpaired) electrons.